The highest BCUT2D eigenvalue weighted by atomic mass is 127. The van der Waals surface area contributed by atoms with Gasteiger partial charge in [-0.2, -0.15) is 5.26 Å². The number of benzene rings is 1. The summed E-state index contributed by atoms with van der Waals surface area (Å²) in [6.45, 7) is 2.30. The highest BCUT2D eigenvalue weighted by molar-refractivity contribution is 14.1. The van der Waals surface area contributed by atoms with Crippen LogP contribution >= 0.6 is 22.6 Å². The van der Waals surface area contributed by atoms with Crippen LogP contribution in [0.25, 0.3) is 0 Å². The van der Waals surface area contributed by atoms with E-state index < -0.39 is 0 Å². The predicted octanol–water partition coefficient (Wildman–Crippen LogP) is 4.55. The lowest BCUT2D eigenvalue weighted by Gasteiger charge is -2.33. The Bertz CT molecular complexity index is 408. The van der Waals surface area contributed by atoms with Crippen LogP contribution in [0.15, 0.2) is 24.3 Å². The molecule has 0 heterocycles. The van der Waals surface area contributed by atoms with Gasteiger partial charge in [0.1, 0.15) is 0 Å². The van der Waals surface area contributed by atoms with Crippen LogP contribution in [-0.4, -0.2) is 0 Å². The van der Waals surface area contributed by atoms with E-state index in [9.17, 15) is 5.26 Å². The Kier molecular flexibility index (Phi) is 4.09. The summed E-state index contributed by atoms with van der Waals surface area (Å²) in [7, 11) is 0. The molecule has 1 nitrogen and oxygen atoms in total. The van der Waals surface area contributed by atoms with Crippen LogP contribution in [0.2, 0.25) is 0 Å². The summed E-state index contributed by atoms with van der Waals surface area (Å²) in [6.07, 6.45) is 5.47. The molecule has 17 heavy (non-hydrogen) atoms. The molecule has 1 aromatic rings. The van der Waals surface area contributed by atoms with Crippen LogP contribution < -0.4 is 0 Å². The molecule has 0 aliphatic heterocycles. The highest BCUT2D eigenvalue weighted by Crippen LogP contribution is 2.40. The van der Waals surface area contributed by atoms with Crippen molar-refractivity contribution < 1.29 is 0 Å². The molecule has 0 radical (unpaired) electrons. The second-order valence-electron chi connectivity index (χ2n) is 5.38. The van der Waals surface area contributed by atoms with Crippen molar-refractivity contribution in [2.45, 2.75) is 39.0 Å². The van der Waals surface area contributed by atoms with E-state index in [4.69, 9.17) is 0 Å². The number of hydrogen-bond acceptors (Lipinski definition) is 1. The number of nitriles is 1. The predicted molar refractivity (Wildman–Crippen MR) is 78.5 cm³/mol. The first kappa shape index (κ1) is 12.9. The fourth-order valence-corrected chi connectivity index (χ4v) is 3.00. The molecular formula is C15H18IN. The summed E-state index contributed by atoms with van der Waals surface area (Å²) in [6, 6.07) is 11.2. The lowest BCUT2D eigenvalue weighted by molar-refractivity contribution is 0.219. The van der Waals surface area contributed by atoms with E-state index in [2.05, 4.69) is 59.8 Å². The second-order valence-corrected chi connectivity index (χ2v) is 6.62. The largest absolute Gasteiger partial charge is 0.198 e. The van der Waals surface area contributed by atoms with Crippen molar-refractivity contribution in [2.24, 2.45) is 11.3 Å². The van der Waals surface area contributed by atoms with Crippen molar-refractivity contribution in [3.8, 4) is 6.07 Å². The molecule has 0 aromatic heterocycles. The first-order valence-electron chi connectivity index (χ1n) is 6.29. The van der Waals surface area contributed by atoms with Gasteiger partial charge in [-0.1, -0.05) is 19.1 Å². The first-order valence-corrected chi connectivity index (χ1v) is 7.37. The van der Waals surface area contributed by atoms with Gasteiger partial charge in [-0.15, -0.1) is 0 Å². The number of hydrogen-bond donors (Lipinski definition) is 0. The van der Waals surface area contributed by atoms with Gasteiger partial charge in [-0.05, 0) is 78.3 Å². The number of nitrogens with zero attached hydrogens (tertiary/aromatic N) is 1. The molecular weight excluding hydrogens is 321 g/mol. The summed E-state index contributed by atoms with van der Waals surface area (Å²) in [5.74, 6) is 0.799. The van der Waals surface area contributed by atoms with Crippen LogP contribution in [0.3, 0.4) is 0 Å². The summed E-state index contributed by atoms with van der Waals surface area (Å²) < 4.78 is 1.26. The number of halogens is 1. The quantitative estimate of drug-likeness (QED) is 0.725. The summed E-state index contributed by atoms with van der Waals surface area (Å²) in [4.78, 5) is 0. The Balaban J connectivity index is 2.10. The van der Waals surface area contributed by atoms with E-state index >= 15 is 0 Å². The van der Waals surface area contributed by atoms with Gasteiger partial charge in [0.25, 0.3) is 0 Å². The van der Waals surface area contributed by atoms with Gasteiger partial charge in [-0.3, -0.25) is 0 Å². The fraction of sp³-hybridized carbons (Fsp3) is 0.533. The molecule has 1 aliphatic carbocycles. The van der Waals surface area contributed by atoms with Crippen molar-refractivity contribution in [3.63, 3.8) is 0 Å². The molecule has 0 atom stereocenters. The van der Waals surface area contributed by atoms with Gasteiger partial charge in [0.05, 0.1) is 11.5 Å². The van der Waals surface area contributed by atoms with Crippen molar-refractivity contribution in [2.75, 3.05) is 0 Å². The Labute approximate surface area is 117 Å². The zero-order valence-corrected chi connectivity index (χ0v) is 12.4. The molecule has 2 rings (SSSR count). The Morgan fingerprint density at radius 2 is 1.88 bits per heavy atom. The summed E-state index contributed by atoms with van der Waals surface area (Å²) >= 11 is 2.32. The maximum absolute atomic E-state index is 9.49. The normalized spacial score (nSPS) is 28.6. The van der Waals surface area contributed by atoms with Gasteiger partial charge in [0, 0.05) is 3.57 Å². The van der Waals surface area contributed by atoms with E-state index in [0.29, 0.717) is 0 Å². The topological polar surface area (TPSA) is 23.8 Å². The smallest absolute Gasteiger partial charge is 0.0693 e. The molecule has 1 aliphatic rings. The second kappa shape index (κ2) is 5.39. The molecule has 90 valence electrons. The van der Waals surface area contributed by atoms with Crippen LogP contribution in [0, 0.1) is 26.2 Å². The molecule has 0 amide bonds. The minimum Gasteiger partial charge on any atom is -0.198 e. The SMILES string of the molecule is CC1CCC(C#N)(Cc2ccc(I)cc2)CC1. The fourth-order valence-electron chi connectivity index (χ4n) is 2.64. The highest BCUT2D eigenvalue weighted by Gasteiger charge is 2.34. The minimum atomic E-state index is -0.0979. The van der Waals surface area contributed by atoms with E-state index in [1.165, 1.54) is 22.0 Å². The molecule has 0 bridgehead atoms. The van der Waals surface area contributed by atoms with Gasteiger partial charge in [0.15, 0.2) is 0 Å². The van der Waals surface area contributed by atoms with E-state index in [-0.39, 0.29) is 5.41 Å². The van der Waals surface area contributed by atoms with Crippen molar-refractivity contribution in [3.05, 3.63) is 33.4 Å². The van der Waals surface area contributed by atoms with Gasteiger partial charge < -0.3 is 0 Å². The summed E-state index contributed by atoms with van der Waals surface area (Å²) in [5, 5.41) is 9.49. The average Bonchev–Trinajstić information content (AvgIpc) is 2.35. The van der Waals surface area contributed by atoms with Crippen LogP contribution in [0.5, 0.6) is 0 Å². The molecule has 2 heteroatoms. The van der Waals surface area contributed by atoms with Crippen LogP contribution in [0.4, 0.5) is 0 Å². The molecule has 1 fully saturated rings. The van der Waals surface area contributed by atoms with E-state index in [1.54, 1.807) is 0 Å². The molecule has 0 spiro atoms. The Morgan fingerprint density at radius 1 is 1.29 bits per heavy atom. The zero-order chi connectivity index (χ0) is 12.3. The molecule has 1 saturated carbocycles. The van der Waals surface area contributed by atoms with Gasteiger partial charge in [0.2, 0.25) is 0 Å². The third kappa shape index (κ3) is 3.22. The van der Waals surface area contributed by atoms with Crippen LogP contribution in [0.1, 0.15) is 38.2 Å². The standard InChI is InChI=1S/C15H18IN/c1-12-6-8-15(11-17,9-7-12)10-13-2-4-14(16)5-3-13/h2-5,12H,6-10H2,1H3. The monoisotopic (exact) mass is 339 g/mol. The van der Waals surface area contributed by atoms with Crippen LogP contribution in [-0.2, 0) is 6.42 Å². The minimum absolute atomic E-state index is 0.0979. The van der Waals surface area contributed by atoms with Gasteiger partial charge in [-0.25, -0.2) is 0 Å². The van der Waals surface area contributed by atoms with Crippen molar-refractivity contribution in [1.82, 2.24) is 0 Å². The Morgan fingerprint density at radius 3 is 2.41 bits per heavy atom. The third-order valence-corrected chi connectivity index (χ3v) is 4.64. The average molecular weight is 339 g/mol. The lowest BCUT2D eigenvalue weighted by atomic mass is 9.69. The third-order valence-electron chi connectivity index (χ3n) is 3.92. The summed E-state index contributed by atoms with van der Waals surface area (Å²) in [5.41, 5.74) is 1.21. The van der Waals surface area contributed by atoms with Crippen molar-refractivity contribution in [1.29, 1.82) is 5.26 Å². The van der Waals surface area contributed by atoms with Crippen molar-refractivity contribution >= 4 is 22.6 Å². The molecule has 1 aromatic carbocycles. The Hall–Kier alpha value is -0.560. The number of rotatable bonds is 2. The molecule has 0 N–H and O–H groups in total. The maximum atomic E-state index is 9.49. The molecule has 0 saturated heterocycles. The van der Waals surface area contributed by atoms with E-state index in [1.807, 2.05) is 0 Å². The maximum Gasteiger partial charge on any atom is 0.0693 e. The molecule has 0 unspecified atom stereocenters. The zero-order valence-electron chi connectivity index (χ0n) is 10.2. The van der Waals surface area contributed by atoms with E-state index in [0.717, 1.165) is 25.2 Å². The van der Waals surface area contributed by atoms with Gasteiger partial charge >= 0.3 is 0 Å². The lowest BCUT2D eigenvalue weighted by Crippen LogP contribution is -2.27. The first-order chi connectivity index (χ1) is 8.13.